The van der Waals surface area contributed by atoms with Crippen molar-refractivity contribution in [2.75, 3.05) is 13.2 Å². The zero-order valence-electron chi connectivity index (χ0n) is 10.3. The first kappa shape index (κ1) is 14.1. The second kappa shape index (κ2) is 6.10. The molecule has 0 radical (unpaired) electrons. The zero-order valence-corrected chi connectivity index (χ0v) is 10.3. The third-order valence-electron chi connectivity index (χ3n) is 2.48. The van der Waals surface area contributed by atoms with Crippen LogP contribution < -0.4 is 5.32 Å². The van der Waals surface area contributed by atoms with Gasteiger partial charge in [-0.25, -0.2) is 0 Å². The van der Waals surface area contributed by atoms with Crippen LogP contribution in [0.3, 0.4) is 0 Å². The summed E-state index contributed by atoms with van der Waals surface area (Å²) >= 11 is 0. The number of aromatic nitrogens is 2. The SMILES string of the molecule is Cc1nn(CC(=O)NCCCO)c(C)c1[N+](=O)[O-]. The summed E-state index contributed by atoms with van der Waals surface area (Å²) in [6.45, 7) is 3.40. The maximum atomic E-state index is 11.5. The Hall–Kier alpha value is -1.96. The lowest BCUT2D eigenvalue weighted by Gasteiger charge is -2.05. The Labute approximate surface area is 104 Å². The molecule has 100 valence electrons. The summed E-state index contributed by atoms with van der Waals surface area (Å²) in [4.78, 5) is 21.8. The van der Waals surface area contributed by atoms with Crippen molar-refractivity contribution >= 4 is 11.6 Å². The van der Waals surface area contributed by atoms with E-state index in [9.17, 15) is 14.9 Å². The molecular weight excluding hydrogens is 240 g/mol. The van der Waals surface area contributed by atoms with E-state index in [0.29, 0.717) is 24.4 Å². The number of nitrogens with zero attached hydrogens (tertiary/aromatic N) is 3. The molecule has 0 bridgehead atoms. The van der Waals surface area contributed by atoms with E-state index in [2.05, 4.69) is 10.4 Å². The van der Waals surface area contributed by atoms with Crippen molar-refractivity contribution in [3.63, 3.8) is 0 Å². The van der Waals surface area contributed by atoms with Crippen molar-refractivity contribution in [3.8, 4) is 0 Å². The van der Waals surface area contributed by atoms with Crippen molar-refractivity contribution in [1.82, 2.24) is 15.1 Å². The highest BCUT2D eigenvalue weighted by molar-refractivity contribution is 5.75. The molecule has 8 nitrogen and oxygen atoms in total. The minimum atomic E-state index is -0.502. The predicted octanol–water partition coefficient (Wildman–Crippen LogP) is -0.0933. The van der Waals surface area contributed by atoms with Crippen molar-refractivity contribution in [1.29, 1.82) is 0 Å². The number of rotatable bonds is 6. The molecule has 1 aromatic rings. The number of hydrogen-bond donors (Lipinski definition) is 2. The van der Waals surface area contributed by atoms with Gasteiger partial charge in [0.2, 0.25) is 5.91 Å². The van der Waals surface area contributed by atoms with Gasteiger partial charge >= 0.3 is 5.69 Å². The first-order valence-electron chi connectivity index (χ1n) is 5.53. The number of nitrogens with one attached hydrogen (secondary N) is 1. The lowest BCUT2D eigenvalue weighted by molar-refractivity contribution is -0.386. The van der Waals surface area contributed by atoms with E-state index in [4.69, 9.17) is 5.11 Å². The molecule has 8 heteroatoms. The maximum absolute atomic E-state index is 11.5. The summed E-state index contributed by atoms with van der Waals surface area (Å²) in [5.41, 5.74) is 0.591. The third-order valence-corrected chi connectivity index (χ3v) is 2.48. The van der Waals surface area contributed by atoms with Gasteiger partial charge in [-0.15, -0.1) is 0 Å². The monoisotopic (exact) mass is 256 g/mol. The summed E-state index contributed by atoms with van der Waals surface area (Å²) in [6.07, 6.45) is 0.475. The standard InChI is InChI=1S/C10H16N4O4/c1-7-10(14(17)18)8(2)13(12-7)6-9(16)11-4-3-5-15/h15H,3-6H2,1-2H3,(H,11,16). The fourth-order valence-corrected chi connectivity index (χ4v) is 1.60. The predicted molar refractivity (Wildman–Crippen MR) is 63.1 cm³/mol. The molecule has 0 atom stereocenters. The Morgan fingerprint density at radius 3 is 2.72 bits per heavy atom. The van der Waals surface area contributed by atoms with Crippen LogP contribution in [0.25, 0.3) is 0 Å². The number of carbonyl (C=O) groups excluding carboxylic acids is 1. The molecule has 0 unspecified atom stereocenters. The van der Waals surface area contributed by atoms with Gasteiger partial charge in [0.1, 0.15) is 17.9 Å². The van der Waals surface area contributed by atoms with Crippen LogP contribution in [0.5, 0.6) is 0 Å². The first-order chi connectivity index (χ1) is 8.47. The Morgan fingerprint density at radius 1 is 1.56 bits per heavy atom. The highest BCUT2D eigenvalue weighted by Gasteiger charge is 2.22. The molecule has 2 N–H and O–H groups in total. The molecular formula is C10H16N4O4. The highest BCUT2D eigenvalue weighted by Crippen LogP contribution is 2.21. The smallest absolute Gasteiger partial charge is 0.312 e. The lowest BCUT2D eigenvalue weighted by atomic mass is 10.3. The van der Waals surface area contributed by atoms with Gasteiger partial charge in [-0.2, -0.15) is 5.10 Å². The Kier molecular flexibility index (Phi) is 4.78. The quantitative estimate of drug-likeness (QED) is 0.419. The van der Waals surface area contributed by atoms with Crippen molar-refractivity contribution in [3.05, 3.63) is 21.5 Å². The lowest BCUT2D eigenvalue weighted by Crippen LogP contribution is -2.29. The van der Waals surface area contributed by atoms with E-state index in [1.807, 2.05) is 0 Å². The molecule has 0 aromatic carbocycles. The van der Waals surface area contributed by atoms with Crippen LogP contribution in [0.1, 0.15) is 17.8 Å². The van der Waals surface area contributed by atoms with Gasteiger partial charge in [-0.05, 0) is 20.3 Å². The molecule has 1 heterocycles. The number of aliphatic hydroxyl groups is 1. The molecule has 1 rings (SSSR count). The molecule has 0 spiro atoms. The Bertz CT molecular complexity index is 455. The molecule has 0 aliphatic heterocycles. The highest BCUT2D eigenvalue weighted by atomic mass is 16.6. The summed E-state index contributed by atoms with van der Waals surface area (Å²) in [6, 6.07) is 0. The molecule has 0 fully saturated rings. The van der Waals surface area contributed by atoms with E-state index >= 15 is 0 Å². The van der Waals surface area contributed by atoms with Gasteiger partial charge < -0.3 is 10.4 Å². The van der Waals surface area contributed by atoms with Gasteiger partial charge in [0, 0.05) is 13.2 Å². The van der Waals surface area contributed by atoms with Gasteiger partial charge in [0.15, 0.2) is 0 Å². The molecule has 0 saturated heterocycles. The summed E-state index contributed by atoms with van der Waals surface area (Å²) in [5.74, 6) is -0.288. The minimum absolute atomic E-state index is 0.00561. The van der Waals surface area contributed by atoms with Crippen molar-refractivity contribution in [2.24, 2.45) is 0 Å². The topological polar surface area (TPSA) is 110 Å². The molecule has 0 aliphatic carbocycles. The van der Waals surface area contributed by atoms with Crippen LogP contribution in [-0.2, 0) is 11.3 Å². The van der Waals surface area contributed by atoms with Crippen molar-refractivity contribution < 1.29 is 14.8 Å². The largest absolute Gasteiger partial charge is 0.396 e. The van der Waals surface area contributed by atoms with E-state index in [-0.39, 0.29) is 24.7 Å². The Morgan fingerprint density at radius 2 is 2.22 bits per heavy atom. The van der Waals surface area contributed by atoms with Crippen LogP contribution in [0.15, 0.2) is 0 Å². The van der Waals surface area contributed by atoms with Gasteiger partial charge in [0.25, 0.3) is 0 Å². The normalized spacial score (nSPS) is 10.4. The molecule has 1 amide bonds. The number of carbonyl (C=O) groups is 1. The summed E-state index contributed by atoms with van der Waals surface area (Å²) in [5, 5.41) is 25.9. The molecule has 1 aromatic heterocycles. The van der Waals surface area contributed by atoms with Gasteiger partial charge in [-0.1, -0.05) is 0 Å². The van der Waals surface area contributed by atoms with Crippen LogP contribution in [0, 0.1) is 24.0 Å². The number of hydrogen-bond acceptors (Lipinski definition) is 5. The van der Waals surface area contributed by atoms with Crippen LogP contribution in [-0.4, -0.2) is 38.9 Å². The van der Waals surface area contributed by atoms with Crippen LogP contribution >= 0.6 is 0 Å². The molecule has 18 heavy (non-hydrogen) atoms. The zero-order chi connectivity index (χ0) is 13.7. The number of aliphatic hydroxyl groups excluding tert-OH is 1. The van der Waals surface area contributed by atoms with Gasteiger partial charge in [-0.3, -0.25) is 19.6 Å². The van der Waals surface area contributed by atoms with Gasteiger partial charge in [0.05, 0.1) is 4.92 Å². The van der Waals surface area contributed by atoms with E-state index in [1.165, 1.54) is 11.6 Å². The molecule has 0 saturated carbocycles. The minimum Gasteiger partial charge on any atom is -0.396 e. The van der Waals surface area contributed by atoms with E-state index < -0.39 is 4.92 Å². The van der Waals surface area contributed by atoms with E-state index in [1.54, 1.807) is 6.92 Å². The number of aryl methyl sites for hydroxylation is 1. The molecule has 0 aliphatic rings. The second-order valence-electron chi connectivity index (χ2n) is 3.86. The Balaban J connectivity index is 2.71. The van der Waals surface area contributed by atoms with Crippen LogP contribution in [0.4, 0.5) is 5.69 Å². The summed E-state index contributed by atoms with van der Waals surface area (Å²) in [7, 11) is 0. The van der Waals surface area contributed by atoms with Crippen LogP contribution in [0.2, 0.25) is 0 Å². The first-order valence-corrected chi connectivity index (χ1v) is 5.53. The third kappa shape index (κ3) is 3.27. The second-order valence-corrected chi connectivity index (χ2v) is 3.86. The maximum Gasteiger partial charge on any atom is 0.312 e. The number of amides is 1. The summed E-state index contributed by atoms with van der Waals surface area (Å²) < 4.78 is 1.31. The number of nitro groups is 1. The fourth-order valence-electron chi connectivity index (χ4n) is 1.60. The fraction of sp³-hybridized carbons (Fsp3) is 0.600. The average molecular weight is 256 g/mol. The average Bonchev–Trinajstić information content (AvgIpc) is 2.54. The van der Waals surface area contributed by atoms with E-state index in [0.717, 1.165) is 0 Å². The van der Waals surface area contributed by atoms with Crippen molar-refractivity contribution in [2.45, 2.75) is 26.8 Å².